The van der Waals surface area contributed by atoms with Crippen molar-refractivity contribution in [2.24, 2.45) is 5.73 Å². The number of hydrogen-bond acceptors (Lipinski definition) is 5. The van der Waals surface area contributed by atoms with Crippen molar-refractivity contribution >= 4 is 27.6 Å². The molecule has 1 atom stereocenters. The predicted molar refractivity (Wildman–Crippen MR) is 109 cm³/mol. The van der Waals surface area contributed by atoms with Crippen molar-refractivity contribution in [2.45, 2.75) is 37.8 Å². The Labute approximate surface area is 170 Å². The molecule has 1 aromatic carbocycles. The lowest BCUT2D eigenvalue weighted by Gasteiger charge is -2.21. The fourth-order valence-electron chi connectivity index (χ4n) is 3.02. The number of benzene rings is 1. The van der Waals surface area contributed by atoms with Gasteiger partial charge in [0.05, 0.1) is 4.90 Å². The van der Waals surface area contributed by atoms with E-state index in [1.54, 1.807) is 18.5 Å². The third kappa shape index (κ3) is 5.30. The van der Waals surface area contributed by atoms with Crippen molar-refractivity contribution in [2.75, 3.05) is 11.9 Å². The fraction of sp³-hybridized carbons (Fsp3) is 0.316. The molecule has 2 heterocycles. The zero-order valence-electron chi connectivity index (χ0n) is 15.0. The summed E-state index contributed by atoms with van der Waals surface area (Å²) in [5, 5.41) is 5.32. The minimum atomic E-state index is -3.83. The summed E-state index contributed by atoms with van der Waals surface area (Å²) in [4.78, 5) is 27.5. The number of carbonyl (C=O) groups excluding carboxylic acids is 2. The lowest BCUT2D eigenvalue weighted by molar-refractivity contribution is -0.121. The quantitative estimate of drug-likeness (QED) is 0.655. The van der Waals surface area contributed by atoms with Crippen molar-refractivity contribution < 1.29 is 18.0 Å². The Morgan fingerprint density at radius 1 is 1.21 bits per heavy atom. The molecule has 156 valence electrons. The summed E-state index contributed by atoms with van der Waals surface area (Å²) < 4.78 is 26.6. The van der Waals surface area contributed by atoms with Crippen molar-refractivity contribution in [3.63, 3.8) is 0 Å². The van der Waals surface area contributed by atoms with Crippen LogP contribution in [-0.4, -0.2) is 42.2 Å². The van der Waals surface area contributed by atoms with E-state index in [-0.39, 0.29) is 18.9 Å². The Bertz CT molecular complexity index is 948. The molecule has 0 spiro atoms. The van der Waals surface area contributed by atoms with E-state index in [4.69, 9.17) is 5.73 Å². The second kappa shape index (κ2) is 9.48. The van der Waals surface area contributed by atoms with E-state index in [2.05, 4.69) is 15.6 Å². The topological polar surface area (TPSA) is 134 Å². The van der Waals surface area contributed by atoms with Crippen molar-refractivity contribution in [1.29, 1.82) is 0 Å². The van der Waals surface area contributed by atoms with Crippen molar-refractivity contribution in [1.82, 2.24) is 14.6 Å². The summed E-state index contributed by atoms with van der Waals surface area (Å²) >= 11 is 0. The molecule has 1 aliphatic rings. The van der Waals surface area contributed by atoms with E-state index in [1.165, 1.54) is 24.3 Å². The van der Waals surface area contributed by atoms with E-state index in [0.29, 0.717) is 25.1 Å². The molecule has 29 heavy (non-hydrogen) atoms. The maximum atomic E-state index is 12.8. The summed E-state index contributed by atoms with van der Waals surface area (Å²) in [7, 11) is -3.83. The SMILES string of the molecule is C.NC(=O)[C@@H]1CCCN1S(=O)(=O)c1ccc(NC(=O)NCc2cccnc2)cc1. The van der Waals surface area contributed by atoms with E-state index in [1.807, 2.05) is 6.07 Å². The number of urea groups is 1. The Kier molecular flexibility index (Phi) is 7.29. The number of anilines is 1. The average Bonchev–Trinajstić information content (AvgIpc) is 3.19. The molecule has 0 bridgehead atoms. The molecule has 0 unspecified atom stereocenters. The zero-order valence-corrected chi connectivity index (χ0v) is 15.9. The molecular weight excluding hydrogens is 394 g/mol. The van der Waals surface area contributed by atoms with Gasteiger partial charge in [-0.05, 0) is 48.7 Å². The van der Waals surface area contributed by atoms with Gasteiger partial charge in [-0.25, -0.2) is 13.2 Å². The van der Waals surface area contributed by atoms with E-state index >= 15 is 0 Å². The summed E-state index contributed by atoms with van der Waals surface area (Å²) in [5.74, 6) is -0.648. The highest BCUT2D eigenvalue weighted by Gasteiger charge is 2.38. The van der Waals surface area contributed by atoms with Gasteiger partial charge in [0.2, 0.25) is 15.9 Å². The maximum absolute atomic E-state index is 12.8. The van der Waals surface area contributed by atoms with Crippen LogP contribution < -0.4 is 16.4 Å². The predicted octanol–water partition coefficient (Wildman–Crippen LogP) is 1.68. The number of pyridine rings is 1. The second-order valence-electron chi connectivity index (χ2n) is 6.37. The molecule has 9 nitrogen and oxygen atoms in total. The van der Waals surface area contributed by atoms with E-state index < -0.39 is 28.0 Å². The van der Waals surface area contributed by atoms with Crippen LogP contribution in [0.1, 0.15) is 25.8 Å². The first kappa shape index (κ1) is 22.3. The number of nitrogens with zero attached hydrogens (tertiary/aromatic N) is 2. The number of hydrogen-bond donors (Lipinski definition) is 3. The van der Waals surface area contributed by atoms with Crippen LogP contribution >= 0.6 is 0 Å². The fourth-order valence-corrected chi connectivity index (χ4v) is 4.68. The first-order valence-corrected chi connectivity index (χ1v) is 10.2. The number of aromatic nitrogens is 1. The van der Waals surface area contributed by atoms with Crippen LogP contribution in [0.25, 0.3) is 0 Å². The van der Waals surface area contributed by atoms with Crippen LogP contribution in [0.15, 0.2) is 53.7 Å². The van der Waals surface area contributed by atoms with Crippen LogP contribution in [0.5, 0.6) is 0 Å². The van der Waals surface area contributed by atoms with Crippen LogP contribution in [0.2, 0.25) is 0 Å². The van der Waals surface area contributed by atoms with Crippen LogP contribution in [0.3, 0.4) is 0 Å². The minimum absolute atomic E-state index is 0. The molecule has 4 N–H and O–H groups in total. The zero-order chi connectivity index (χ0) is 20.1. The van der Waals surface area contributed by atoms with E-state index in [0.717, 1.165) is 9.87 Å². The second-order valence-corrected chi connectivity index (χ2v) is 8.26. The molecule has 1 fully saturated rings. The van der Waals surface area contributed by atoms with Gasteiger partial charge >= 0.3 is 6.03 Å². The molecule has 0 saturated carbocycles. The highest BCUT2D eigenvalue weighted by Crippen LogP contribution is 2.26. The minimum Gasteiger partial charge on any atom is -0.368 e. The van der Waals surface area contributed by atoms with E-state index in [9.17, 15) is 18.0 Å². The molecule has 0 radical (unpaired) electrons. The number of primary amides is 1. The van der Waals surface area contributed by atoms with Gasteiger partial charge in [0.15, 0.2) is 0 Å². The molecule has 1 aliphatic heterocycles. The Morgan fingerprint density at radius 2 is 1.93 bits per heavy atom. The molecule has 0 aliphatic carbocycles. The van der Waals surface area contributed by atoms with Gasteiger partial charge in [0, 0.05) is 31.2 Å². The smallest absolute Gasteiger partial charge is 0.319 e. The monoisotopic (exact) mass is 419 g/mol. The summed E-state index contributed by atoms with van der Waals surface area (Å²) in [5.41, 5.74) is 6.60. The highest BCUT2D eigenvalue weighted by atomic mass is 32.2. The molecule has 10 heteroatoms. The van der Waals surface area contributed by atoms with Crippen LogP contribution in [0.4, 0.5) is 10.5 Å². The lowest BCUT2D eigenvalue weighted by Crippen LogP contribution is -2.43. The molecule has 1 aromatic heterocycles. The molecule has 1 saturated heterocycles. The Hall–Kier alpha value is -2.98. The number of nitrogens with one attached hydrogen (secondary N) is 2. The summed E-state index contributed by atoms with van der Waals surface area (Å²) in [6, 6.07) is 8.14. The standard InChI is InChI=1S/C18H21N5O4S.CH4/c19-17(24)16-4-2-10-23(16)28(26,27)15-7-5-14(6-8-15)22-18(25)21-12-13-3-1-9-20-11-13;/h1,3,5-9,11,16H,2,4,10,12H2,(H2,19,24)(H2,21,22,25);1H4/t16-;/m0./s1. The van der Waals surface area contributed by atoms with Crippen molar-refractivity contribution in [3.8, 4) is 0 Å². The highest BCUT2D eigenvalue weighted by molar-refractivity contribution is 7.89. The largest absolute Gasteiger partial charge is 0.368 e. The molecule has 2 aromatic rings. The van der Waals surface area contributed by atoms with Gasteiger partial charge in [0.1, 0.15) is 6.04 Å². The van der Waals surface area contributed by atoms with Gasteiger partial charge in [0.25, 0.3) is 0 Å². The number of amides is 3. The molecular formula is C19H25N5O4S. The van der Waals surface area contributed by atoms with Gasteiger partial charge < -0.3 is 16.4 Å². The lowest BCUT2D eigenvalue weighted by atomic mass is 10.2. The van der Waals surface area contributed by atoms with Crippen LogP contribution in [-0.2, 0) is 21.4 Å². The number of rotatable bonds is 6. The average molecular weight is 420 g/mol. The molecule has 3 amide bonds. The van der Waals surface area contributed by atoms with Gasteiger partial charge in [-0.1, -0.05) is 13.5 Å². The summed E-state index contributed by atoms with van der Waals surface area (Å²) in [6.07, 6.45) is 4.31. The third-order valence-electron chi connectivity index (χ3n) is 4.43. The number of carbonyl (C=O) groups is 2. The number of sulfonamides is 1. The van der Waals surface area contributed by atoms with Gasteiger partial charge in [-0.3, -0.25) is 9.78 Å². The van der Waals surface area contributed by atoms with Gasteiger partial charge in [-0.2, -0.15) is 4.31 Å². The maximum Gasteiger partial charge on any atom is 0.319 e. The van der Waals surface area contributed by atoms with Gasteiger partial charge in [-0.15, -0.1) is 0 Å². The first-order chi connectivity index (χ1) is 13.4. The van der Waals surface area contributed by atoms with Crippen molar-refractivity contribution in [3.05, 3.63) is 54.4 Å². The Balaban J connectivity index is 0.00000300. The normalized spacial score (nSPS) is 16.6. The number of nitrogens with two attached hydrogens (primary N) is 1. The Morgan fingerprint density at radius 3 is 2.55 bits per heavy atom. The molecule has 3 rings (SSSR count). The first-order valence-electron chi connectivity index (χ1n) is 8.73. The summed E-state index contributed by atoms with van der Waals surface area (Å²) in [6.45, 7) is 0.572. The third-order valence-corrected chi connectivity index (χ3v) is 6.35. The van der Waals surface area contributed by atoms with Crippen LogP contribution in [0, 0.1) is 0 Å².